The van der Waals surface area contributed by atoms with E-state index in [1.54, 1.807) is 6.20 Å². The molecule has 0 spiro atoms. The Morgan fingerprint density at radius 1 is 1.11 bits per heavy atom. The zero-order valence-electron chi connectivity index (χ0n) is 20.3. The minimum absolute atomic E-state index is 0.146. The van der Waals surface area contributed by atoms with E-state index >= 15 is 0 Å². The van der Waals surface area contributed by atoms with Gasteiger partial charge in [-0.3, -0.25) is 9.59 Å². The number of hydrogen-bond donors (Lipinski definition) is 1. The fourth-order valence-corrected chi connectivity index (χ4v) is 7.59. The number of hydrogen-bond acceptors (Lipinski definition) is 3. The number of amides is 1. The Hall–Kier alpha value is -2.60. The highest BCUT2D eigenvalue weighted by Crippen LogP contribution is 2.55. The number of aryl methyl sites for hydroxylation is 1. The molecule has 4 aliphatic rings. The topological polar surface area (TPSA) is 68.4 Å². The van der Waals surface area contributed by atoms with E-state index in [2.05, 4.69) is 17.3 Å². The molecule has 4 bridgehead atoms. The zero-order valence-corrected chi connectivity index (χ0v) is 21.1. The van der Waals surface area contributed by atoms with Crippen LogP contribution in [0.2, 0.25) is 5.02 Å². The molecule has 1 aromatic carbocycles. The van der Waals surface area contributed by atoms with Gasteiger partial charge in [0.15, 0.2) is 0 Å². The number of carbonyl (C=O) groups excluding carboxylic acids is 1. The van der Waals surface area contributed by atoms with Crippen molar-refractivity contribution in [3.8, 4) is 11.3 Å². The van der Waals surface area contributed by atoms with Crippen molar-refractivity contribution in [3.05, 3.63) is 57.5 Å². The van der Waals surface area contributed by atoms with Crippen LogP contribution in [0.15, 0.2) is 41.3 Å². The molecule has 2 aromatic heterocycles. The Bertz CT molecular complexity index is 1310. The van der Waals surface area contributed by atoms with Gasteiger partial charge in [-0.05, 0) is 68.8 Å². The van der Waals surface area contributed by atoms with Crippen LogP contribution < -0.4 is 10.9 Å². The Labute approximate surface area is 210 Å². The number of rotatable bonds is 7. The van der Waals surface area contributed by atoms with Gasteiger partial charge in [-0.2, -0.15) is 9.61 Å². The number of carbonyl (C=O) groups is 1. The number of aromatic nitrogens is 3. The van der Waals surface area contributed by atoms with Crippen molar-refractivity contribution in [3.63, 3.8) is 0 Å². The fourth-order valence-electron chi connectivity index (χ4n) is 7.36. The zero-order chi connectivity index (χ0) is 24.2. The molecular weight excluding hydrogens is 460 g/mol. The third-order valence-corrected chi connectivity index (χ3v) is 8.84. The van der Waals surface area contributed by atoms with Crippen molar-refractivity contribution in [2.75, 3.05) is 0 Å². The second-order valence-corrected chi connectivity index (χ2v) is 11.6. The third kappa shape index (κ3) is 4.10. The molecule has 4 aliphatic carbocycles. The summed E-state index contributed by atoms with van der Waals surface area (Å²) in [6.07, 6.45) is 12.0. The van der Waals surface area contributed by atoms with Crippen molar-refractivity contribution >= 4 is 23.2 Å². The first-order valence-electron chi connectivity index (χ1n) is 13.2. The van der Waals surface area contributed by atoms with E-state index in [9.17, 15) is 9.59 Å². The van der Waals surface area contributed by atoms with Crippen LogP contribution in [0, 0.1) is 17.8 Å². The van der Waals surface area contributed by atoms with Gasteiger partial charge < -0.3 is 9.88 Å². The largest absolute Gasteiger partial charge is 0.346 e. The lowest BCUT2D eigenvalue weighted by atomic mass is 9.53. The SMILES string of the molecule is CCCCCn1cc(C(=O)NC23CC4CC(CC(C4)C2)C3)c(=O)n2nc(-c3ccccc3Cl)cc12. The van der Waals surface area contributed by atoms with Gasteiger partial charge in [-0.25, -0.2) is 0 Å². The van der Waals surface area contributed by atoms with Crippen LogP contribution >= 0.6 is 11.6 Å². The standard InChI is InChI=1S/C28H33ClN4O2/c1-2-3-6-9-32-17-22(26(34)30-28-14-18-10-19(15-28)12-20(11-18)16-28)27(35)33-25(32)13-24(31-33)21-7-4-5-8-23(21)29/h4-5,7-8,13,17-20H,2-3,6,9-12,14-16H2,1H3,(H,30,34). The van der Waals surface area contributed by atoms with Gasteiger partial charge in [-0.15, -0.1) is 0 Å². The van der Waals surface area contributed by atoms with Crippen LogP contribution in [0.4, 0.5) is 0 Å². The van der Waals surface area contributed by atoms with Gasteiger partial charge >= 0.3 is 0 Å². The van der Waals surface area contributed by atoms with Gasteiger partial charge in [0.1, 0.15) is 11.2 Å². The van der Waals surface area contributed by atoms with E-state index in [1.165, 1.54) is 23.8 Å². The normalized spacial score (nSPS) is 27.0. The van der Waals surface area contributed by atoms with E-state index in [1.807, 2.05) is 34.9 Å². The van der Waals surface area contributed by atoms with E-state index in [4.69, 9.17) is 11.6 Å². The lowest BCUT2D eigenvalue weighted by Gasteiger charge is -2.56. The summed E-state index contributed by atoms with van der Waals surface area (Å²) in [6, 6.07) is 9.39. The second-order valence-electron chi connectivity index (χ2n) is 11.2. The highest BCUT2D eigenvalue weighted by atomic mass is 35.5. The van der Waals surface area contributed by atoms with Gasteiger partial charge in [0.2, 0.25) is 0 Å². The Morgan fingerprint density at radius 3 is 2.46 bits per heavy atom. The van der Waals surface area contributed by atoms with Gasteiger partial charge in [0.25, 0.3) is 11.5 Å². The van der Waals surface area contributed by atoms with Crippen LogP contribution in [0.1, 0.15) is 75.1 Å². The summed E-state index contributed by atoms with van der Waals surface area (Å²) in [5.41, 5.74) is 1.76. The van der Waals surface area contributed by atoms with E-state index in [0.29, 0.717) is 16.4 Å². The molecule has 0 atom stereocenters. The molecule has 4 saturated carbocycles. The fraction of sp³-hybridized carbons (Fsp3) is 0.536. The van der Waals surface area contributed by atoms with Crippen molar-refractivity contribution < 1.29 is 4.79 Å². The van der Waals surface area contributed by atoms with Crippen molar-refractivity contribution in [2.24, 2.45) is 17.8 Å². The van der Waals surface area contributed by atoms with Crippen molar-refractivity contribution in [1.29, 1.82) is 0 Å². The van der Waals surface area contributed by atoms with Crippen molar-refractivity contribution in [1.82, 2.24) is 19.5 Å². The lowest BCUT2D eigenvalue weighted by Crippen LogP contribution is -2.60. The number of nitrogens with one attached hydrogen (secondary N) is 1. The maximum absolute atomic E-state index is 13.6. The molecule has 7 heteroatoms. The van der Waals surface area contributed by atoms with Crippen LogP contribution in [0.5, 0.6) is 0 Å². The van der Waals surface area contributed by atoms with Crippen LogP contribution in [-0.4, -0.2) is 25.6 Å². The molecule has 0 unspecified atom stereocenters. The first-order chi connectivity index (χ1) is 16.9. The molecule has 3 aromatic rings. The average molecular weight is 493 g/mol. The number of benzene rings is 1. The Morgan fingerprint density at radius 2 is 1.80 bits per heavy atom. The van der Waals surface area contributed by atoms with Gasteiger partial charge in [-0.1, -0.05) is 49.6 Å². The predicted molar refractivity (Wildman–Crippen MR) is 138 cm³/mol. The van der Waals surface area contributed by atoms with Crippen LogP contribution in [0.3, 0.4) is 0 Å². The molecule has 2 heterocycles. The summed E-state index contributed by atoms with van der Waals surface area (Å²) in [4.78, 5) is 27.2. The first-order valence-corrected chi connectivity index (χ1v) is 13.5. The number of nitrogens with zero attached hydrogens (tertiary/aromatic N) is 3. The maximum atomic E-state index is 13.6. The van der Waals surface area contributed by atoms with Crippen molar-refractivity contribution in [2.45, 2.75) is 76.8 Å². The maximum Gasteiger partial charge on any atom is 0.287 e. The molecule has 184 valence electrons. The summed E-state index contributed by atoms with van der Waals surface area (Å²) in [7, 11) is 0. The third-order valence-electron chi connectivity index (χ3n) is 8.51. The average Bonchev–Trinajstić information content (AvgIpc) is 3.26. The summed E-state index contributed by atoms with van der Waals surface area (Å²) < 4.78 is 3.40. The molecule has 0 saturated heterocycles. The molecule has 1 amide bonds. The first kappa shape index (κ1) is 22.8. The lowest BCUT2D eigenvalue weighted by molar-refractivity contribution is -0.0167. The number of halogens is 1. The molecule has 0 aliphatic heterocycles. The molecule has 6 nitrogen and oxygen atoms in total. The predicted octanol–water partition coefficient (Wildman–Crippen LogP) is 5.71. The van der Waals surface area contributed by atoms with E-state index in [0.717, 1.165) is 68.4 Å². The number of fused-ring (bicyclic) bond motifs is 1. The molecule has 4 fully saturated rings. The van der Waals surface area contributed by atoms with Gasteiger partial charge in [0, 0.05) is 29.9 Å². The minimum atomic E-state index is -0.368. The highest BCUT2D eigenvalue weighted by Gasteiger charge is 2.51. The van der Waals surface area contributed by atoms with E-state index in [-0.39, 0.29) is 22.6 Å². The second kappa shape index (κ2) is 8.81. The molecule has 0 radical (unpaired) electrons. The Balaban J connectivity index is 1.38. The summed E-state index contributed by atoms with van der Waals surface area (Å²) in [5.74, 6) is 1.91. The summed E-state index contributed by atoms with van der Waals surface area (Å²) in [5, 5.41) is 8.58. The van der Waals surface area contributed by atoms with Gasteiger partial charge in [0.05, 0.1) is 10.7 Å². The summed E-state index contributed by atoms with van der Waals surface area (Å²) >= 11 is 6.42. The molecule has 7 rings (SSSR count). The van der Waals surface area contributed by atoms with Crippen LogP contribution in [-0.2, 0) is 6.54 Å². The highest BCUT2D eigenvalue weighted by molar-refractivity contribution is 6.33. The molecular formula is C28H33ClN4O2. The van der Waals surface area contributed by atoms with E-state index < -0.39 is 0 Å². The minimum Gasteiger partial charge on any atom is -0.346 e. The monoisotopic (exact) mass is 492 g/mol. The number of unbranched alkanes of at least 4 members (excludes halogenated alkanes) is 2. The van der Waals surface area contributed by atoms with Crippen LogP contribution in [0.25, 0.3) is 16.9 Å². The smallest absolute Gasteiger partial charge is 0.287 e. The molecule has 1 N–H and O–H groups in total. The summed E-state index contributed by atoms with van der Waals surface area (Å²) in [6.45, 7) is 2.89. The molecule has 35 heavy (non-hydrogen) atoms. The quantitative estimate of drug-likeness (QED) is 0.430. The Kier molecular flexibility index (Phi) is 5.75.